The molecule has 2 N–H and O–H groups in total. The molecule has 134 valence electrons. The number of carbonyl (C=O) groups excluding carboxylic acids is 2. The number of hydrogen-bond donors (Lipinski definition) is 2. The van der Waals surface area contributed by atoms with Crippen molar-refractivity contribution in [3.05, 3.63) is 58.6 Å². The zero-order valence-electron chi connectivity index (χ0n) is 13.7. The van der Waals surface area contributed by atoms with E-state index in [0.29, 0.717) is 35.3 Å². The second-order valence-corrected chi connectivity index (χ2v) is 5.83. The lowest BCUT2D eigenvalue weighted by atomic mass is 10.2. The van der Waals surface area contributed by atoms with Gasteiger partial charge in [0.1, 0.15) is 13.2 Å². The average Bonchev–Trinajstić information content (AvgIpc) is 2.66. The molecule has 8 heteroatoms. The molecule has 0 bridgehead atoms. The van der Waals surface area contributed by atoms with Gasteiger partial charge in [0.2, 0.25) is 0 Å². The summed E-state index contributed by atoms with van der Waals surface area (Å²) in [5.74, 6) is 0.269. The van der Waals surface area contributed by atoms with Crippen molar-refractivity contribution in [1.82, 2.24) is 10.7 Å². The molecular formula is C18H16ClN3O4. The predicted molar refractivity (Wildman–Crippen MR) is 97.0 cm³/mol. The van der Waals surface area contributed by atoms with Crippen LogP contribution in [0.25, 0.3) is 0 Å². The first kappa shape index (κ1) is 17.8. The van der Waals surface area contributed by atoms with Gasteiger partial charge >= 0.3 is 0 Å². The number of rotatable bonds is 5. The van der Waals surface area contributed by atoms with E-state index in [2.05, 4.69) is 15.8 Å². The summed E-state index contributed by atoms with van der Waals surface area (Å²) in [4.78, 5) is 23.9. The highest BCUT2D eigenvalue weighted by molar-refractivity contribution is 6.30. The zero-order valence-corrected chi connectivity index (χ0v) is 14.5. The Morgan fingerprint density at radius 2 is 1.92 bits per heavy atom. The summed E-state index contributed by atoms with van der Waals surface area (Å²) in [5.41, 5.74) is 3.46. The van der Waals surface area contributed by atoms with Crippen molar-refractivity contribution in [2.45, 2.75) is 0 Å². The second-order valence-electron chi connectivity index (χ2n) is 5.39. The minimum atomic E-state index is -0.450. The second kappa shape index (κ2) is 8.35. The Kier molecular flexibility index (Phi) is 5.70. The molecule has 0 atom stereocenters. The Bertz CT molecular complexity index is 854. The molecule has 0 spiro atoms. The fourth-order valence-corrected chi connectivity index (χ4v) is 2.45. The number of nitrogens with zero attached hydrogens (tertiary/aromatic N) is 1. The van der Waals surface area contributed by atoms with Gasteiger partial charge in [-0.1, -0.05) is 23.7 Å². The van der Waals surface area contributed by atoms with Gasteiger partial charge in [-0.2, -0.15) is 5.10 Å². The first-order valence-electron chi connectivity index (χ1n) is 7.87. The molecule has 0 saturated carbocycles. The summed E-state index contributed by atoms with van der Waals surface area (Å²) in [6.45, 7) is 0.708. The Morgan fingerprint density at radius 3 is 2.73 bits per heavy atom. The summed E-state index contributed by atoms with van der Waals surface area (Å²) >= 11 is 5.86. The topological polar surface area (TPSA) is 89.0 Å². The first-order chi connectivity index (χ1) is 12.6. The van der Waals surface area contributed by atoms with Crippen LogP contribution >= 0.6 is 11.6 Å². The van der Waals surface area contributed by atoms with E-state index in [1.807, 2.05) is 0 Å². The number of fused-ring (bicyclic) bond motifs is 1. The van der Waals surface area contributed by atoms with Crippen LogP contribution in [-0.2, 0) is 4.79 Å². The fourth-order valence-electron chi connectivity index (χ4n) is 2.25. The molecule has 2 aromatic rings. The van der Waals surface area contributed by atoms with Crippen LogP contribution in [0.3, 0.4) is 0 Å². The maximum absolute atomic E-state index is 12.1. The first-order valence-corrected chi connectivity index (χ1v) is 8.25. The highest BCUT2D eigenvalue weighted by atomic mass is 35.5. The van der Waals surface area contributed by atoms with Crippen molar-refractivity contribution in [1.29, 1.82) is 0 Å². The molecule has 0 radical (unpaired) electrons. The van der Waals surface area contributed by atoms with Crippen molar-refractivity contribution >= 4 is 29.6 Å². The van der Waals surface area contributed by atoms with Crippen LogP contribution in [-0.4, -0.2) is 37.8 Å². The number of ether oxygens (including phenoxy) is 2. The minimum absolute atomic E-state index is 0.208. The molecule has 1 aliphatic rings. The molecule has 1 heterocycles. The quantitative estimate of drug-likeness (QED) is 0.619. The molecule has 3 rings (SSSR count). The molecule has 26 heavy (non-hydrogen) atoms. The lowest BCUT2D eigenvalue weighted by Crippen LogP contribution is -2.35. The highest BCUT2D eigenvalue weighted by Crippen LogP contribution is 2.30. The summed E-state index contributed by atoms with van der Waals surface area (Å²) in [7, 11) is 0. The molecule has 2 amide bonds. The third-order valence-corrected chi connectivity index (χ3v) is 3.70. The Morgan fingerprint density at radius 1 is 1.12 bits per heavy atom. The molecule has 0 unspecified atom stereocenters. The standard InChI is InChI=1S/C18H16ClN3O4/c19-14-3-1-2-12(8-14)10-21-22-17(23)11-20-18(24)13-4-5-15-16(9-13)26-7-6-25-15/h1-5,8-10H,6-7,11H2,(H,20,24)(H,22,23)/b21-10-. The van der Waals surface area contributed by atoms with E-state index in [1.165, 1.54) is 6.21 Å². The molecule has 1 aliphatic heterocycles. The Hall–Kier alpha value is -3.06. The van der Waals surface area contributed by atoms with Gasteiger partial charge in [-0.25, -0.2) is 5.43 Å². The number of nitrogens with one attached hydrogen (secondary N) is 2. The Labute approximate surface area is 154 Å². The van der Waals surface area contributed by atoms with E-state index in [4.69, 9.17) is 21.1 Å². The molecule has 0 saturated heterocycles. The van der Waals surface area contributed by atoms with Gasteiger partial charge in [-0.15, -0.1) is 0 Å². The number of carbonyl (C=O) groups is 2. The number of hydrazone groups is 1. The van der Waals surface area contributed by atoms with E-state index in [1.54, 1.807) is 42.5 Å². The lowest BCUT2D eigenvalue weighted by Gasteiger charge is -2.18. The van der Waals surface area contributed by atoms with Crippen molar-refractivity contribution in [3.63, 3.8) is 0 Å². The molecule has 0 aromatic heterocycles. The zero-order chi connectivity index (χ0) is 18.4. The lowest BCUT2D eigenvalue weighted by molar-refractivity contribution is -0.120. The summed E-state index contributed by atoms with van der Waals surface area (Å²) in [6, 6.07) is 11.9. The van der Waals surface area contributed by atoms with Gasteiger partial charge in [0.05, 0.1) is 12.8 Å². The normalized spacial score (nSPS) is 12.7. The van der Waals surface area contributed by atoms with Gasteiger partial charge in [0.15, 0.2) is 11.5 Å². The van der Waals surface area contributed by atoms with Gasteiger partial charge in [0, 0.05) is 10.6 Å². The van der Waals surface area contributed by atoms with Crippen LogP contribution < -0.4 is 20.2 Å². The third kappa shape index (κ3) is 4.73. The monoisotopic (exact) mass is 373 g/mol. The van der Waals surface area contributed by atoms with E-state index in [-0.39, 0.29) is 6.54 Å². The van der Waals surface area contributed by atoms with Gasteiger partial charge in [-0.3, -0.25) is 9.59 Å². The van der Waals surface area contributed by atoms with Crippen molar-refractivity contribution in [2.75, 3.05) is 19.8 Å². The van der Waals surface area contributed by atoms with Crippen molar-refractivity contribution in [2.24, 2.45) is 5.10 Å². The molecule has 0 aliphatic carbocycles. The van der Waals surface area contributed by atoms with E-state index >= 15 is 0 Å². The number of halogens is 1. The molecule has 7 nitrogen and oxygen atoms in total. The van der Waals surface area contributed by atoms with Crippen LogP contribution in [0.15, 0.2) is 47.6 Å². The molecule has 0 fully saturated rings. The highest BCUT2D eigenvalue weighted by Gasteiger charge is 2.15. The SMILES string of the molecule is O=C(CNC(=O)c1ccc2c(c1)OCCO2)N/N=C\c1cccc(Cl)c1. The van der Waals surface area contributed by atoms with E-state index < -0.39 is 11.8 Å². The van der Waals surface area contributed by atoms with Crippen LogP contribution in [0.2, 0.25) is 5.02 Å². The molecule has 2 aromatic carbocycles. The number of amides is 2. The smallest absolute Gasteiger partial charge is 0.259 e. The minimum Gasteiger partial charge on any atom is -0.486 e. The Balaban J connectivity index is 1.49. The molecular weight excluding hydrogens is 358 g/mol. The summed E-state index contributed by atoms with van der Waals surface area (Å²) in [6.07, 6.45) is 1.46. The maximum atomic E-state index is 12.1. The predicted octanol–water partition coefficient (Wildman–Crippen LogP) is 1.99. The van der Waals surface area contributed by atoms with Gasteiger partial charge in [0.25, 0.3) is 11.8 Å². The van der Waals surface area contributed by atoms with Crippen LogP contribution in [0.1, 0.15) is 15.9 Å². The summed E-state index contributed by atoms with van der Waals surface area (Å²) in [5, 5.41) is 6.92. The van der Waals surface area contributed by atoms with Crippen LogP contribution in [0, 0.1) is 0 Å². The van der Waals surface area contributed by atoms with Crippen molar-refractivity contribution in [3.8, 4) is 11.5 Å². The van der Waals surface area contributed by atoms with E-state index in [0.717, 1.165) is 5.56 Å². The van der Waals surface area contributed by atoms with Gasteiger partial charge < -0.3 is 14.8 Å². The fraction of sp³-hybridized carbons (Fsp3) is 0.167. The number of benzene rings is 2. The third-order valence-electron chi connectivity index (χ3n) is 3.47. The van der Waals surface area contributed by atoms with Crippen molar-refractivity contribution < 1.29 is 19.1 Å². The van der Waals surface area contributed by atoms with E-state index in [9.17, 15) is 9.59 Å². The number of hydrogen-bond acceptors (Lipinski definition) is 5. The van der Waals surface area contributed by atoms with Gasteiger partial charge in [-0.05, 0) is 35.9 Å². The maximum Gasteiger partial charge on any atom is 0.259 e. The largest absolute Gasteiger partial charge is 0.486 e. The average molecular weight is 374 g/mol. The van der Waals surface area contributed by atoms with Crippen LogP contribution in [0.5, 0.6) is 11.5 Å². The summed E-state index contributed by atoms with van der Waals surface area (Å²) < 4.78 is 10.8. The van der Waals surface area contributed by atoms with Crippen LogP contribution in [0.4, 0.5) is 0 Å².